The van der Waals surface area contributed by atoms with Crippen molar-refractivity contribution < 1.29 is 4.39 Å². The van der Waals surface area contributed by atoms with E-state index in [0.29, 0.717) is 0 Å². The minimum Gasteiger partial charge on any atom is -0.311 e. The Morgan fingerprint density at radius 3 is 2.81 bits per heavy atom. The molecule has 0 unspecified atom stereocenters. The molecule has 1 aliphatic heterocycles. The van der Waals surface area contributed by atoms with Gasteiger partial charge >= 0.3 is 0 Å². The van der Waals surface area contributed by atoms with Crippen LogP contribution in [0.1, 0.15) is 31.0 Å². The quantitative estimate of drug-likeness (QED) is 0.844. The van der Waals surface area contributed by atoms with E-state index < -0.39 is 0 Å². The highest BCUT2D eigenvalue weighted by Crippen LogP contribution is 2.29. The summed E-state index contributed by atoms with van der Waals surface area (Å²) in [5, 5.41) is 3.36. The van der Waals surface area contributed by atoms with Crippen molar-refractivity contribution in [2.75, 3.05) is 19.6 Å². The molecule has 0 radical (unpaired) electrons. The van der Waals surface area contributed by atoms with E-state index in [1.807, 2.05) is 6.07 Å². The van der Waals surface area contributed by atoms with Crippen molar-refractivity contribution in [3.63, 3.8) is 0 Å². The predicted molar refractivity (Wildman–Crippen MR) is 63.8 cm³/mol. The SMILES string of the molecule is CCN(CC)[C@@H]1CNCc2cccc(F)c21. The molecule has 1 N–H and O–H groups in total. The molecule has 2 rings (SSSR count). The first-order valence-electron chi connectivity index (χ1n) is 6.00. The third kappa shape index (κ3) is 1.97. The number of halogens is 1. The summed E-state index contributed by atoms with van der Waals surface area (Å²) in [4.78, 5) is 2.30. The van der Waals surface area contributed by atoms with E-state index >= 15 is 0 Å². The minimum atomic E-state index is -0.0594. The van der Waals surface area contributed by atoms with Gasteiger partial charge in [-0.05, 0) is 24.7 Å². The second kappa shape index (κ2) is 4.93. The van der Waals surface area contributed by atoms with Gasteiger partial charge in [0.1, 0.15) is 5.82 Å². The van der Waals surface area contributed by atoms with Gasteiger partial charge in [-0.1, -0.05) is 26.0 Å². The van der Waals surface area contributed by atoms with Gasteiger partial charge in [0.05, 0.1) is 6.04 Å². The second-order valence-electron chi connectivity index (χ2n) is 4.18. The molecule has 0 saturated heterocycles. The van der Waals surface area contributed by atoms with Crippen molar-refractivity contribution in [3.8, 4) is 0 Å². The molecular weight excluding hydrogens is 203 g/mol. The van der Waals surface area contributed by atoms with Gasteiger partial charge in [-0.3, -0.25) is 4.90 Å². The van der Waals surface area contributed by atoms with Crippen LogP contribution in [-0.4, -0.2) is 24.5 Å². The lowest BCUT2D eigenvalue weighted by atomic mass is 9.95. The summed E-state index contributed by atoms with van der Waals surface area (Å²) >= 11 is 0. The zero-order valence-electron chi connectivity index (χ0n) is 9.96. The number of nitrogens with zero attached hydrogens (tertiary/aromatic N) is 1. The smallest absolute Gasteiger partial charge is 0.128 e. The van der Waals surface area contributed by atoms with Gasteiger partial charge in [-0.2, -0.15) is 0 Å². The van der Waals surface area contributed by atoms with Gasteiger partial charge in [-0.15, -0.1) is 0 Å². The molecule has 3 heteroatoms. The van der Waals surface area contributed by atoms with Crippen molar-refractivity contribution in [1.82, 2.24) is 10.2 Å². The first-order chi connectivity index (χ1) is 7.77. The van der Waals surface area contributed by atoms with Gasteiger partial charge in [0.2, 0.25) is 0 Å². The topological polar surface area (TPSA) is 15.3 Å². The second-order valence-corrected chi connectivity index (χ2v) is 4.18. The molecule has 88 valence electrons. The molecule has 1 heterocycles. The Bertz CT molecular complexity index is 361. The van der Waals surface area contributed by atoms with E-state index in [1.165, 1.54) is 0 Å². The molecule has 0 bridgehead atoms. The molecule has 16 heavy (non-hydrogen) atoms. The number of likely N-dealkylation sites (N-methyl/N-ethyl adjacent to an activating group) is 1. The summed E-state index contributed by atoms with van der Waals surface area (Å²) in [6.07, 6.45) is 0. The first-order valence-corrected chi connectivity index (χ1v) is 6.00. The van der Waals surface area contributed by atoms with Gasteiger partial charge in [-0.25, -0.2) is 4.39 Å². The fraction of sp³-hybridized carbons (Fsp3) is 0.538. The molecule has 2 nitrogen and oxygen atoms in total. The minimum absolute atomic E-state index is 0.0594. The summed E-state index contributed by atoms with van der Waals surface area (Å²) in [6.45, 7) is 7.78. The van der Waals surface area contributed by atoms with Gasteiger partial charge in [0.25, 0.3) is 0 Å². The van der Waals surface area contributed by atoms with E-state index in [-0.39, 0.29) is 11.9 Å². The Balaban J connectivity index is 2.38. The highest BCUT2D eigenvalue weighted by molar-refractivity contribution is 5.33. The molecule has 0 amide bonds. The van der Waals surface area contributed by atoms with E-state index in [1.54, 1.807) is 12.1 Å². The Morgan fingerprint density at radius 2 is 2.12 bits per heavy atom. The van der Waals surface area contributed by atoms with E-state index in [4.69, 9.17) is 0 Å². The van der Waals surface area contributed by atoms with Crippen LogP contribution in [0.4, 0.5) is 4.39 Å². The molecule has 0 spiro atoms. The monoisotopic (exact) mass is 222 g/mol. The lowest BCUT2D eigenvalue weighted by Crippen LogP contribution is -2.40. The average Bonchev–Trinajstić information content (AvgIpc) is 2.31. The number of fused-ring (bicyclic) bond motifs is 1. The van der Waals surface area contributed by atoms with Crippen LogP contribution in [0.5, 0.6) is 0 Å². The molecule has 1 aliphatic rings. The number of hydrogen-bond acceptors (Lipinski definition) is 2. The third-order valence-electron chi connectivity index (χ3n) is 3.38. The molecule has 0 aliphatic carbocycles. The summed E-state index contributed by atoms with van der Waals surface area (Å²) in [6, 6.07) is 5.56. The number of nitrogens with one attached hydrogen (secondary N) is 1. The maximum absolute atomic E-state index is 13.9. The van der Waals surface area contributed by atoms with Crippen LogP contribution in [0.25, 0.3) is 0 Å². The highest BCUT2D eigenvalue weighted by atomic mass is 19.1. The summed E-state index contributed by atoms with van der Waals surface area (Å²) in [7, 11) is 0. The summed E-state index contributed by atoms with van der Waals surface area (Å²) in [5.41, 5.74) is 1.99. The zero-order valence-corrected chi connectivity index (χ0v) is 9.96. The molecule has 0 saturated carbocycles. The van der Waals surface area contributed by atoms with Gasteiger partial charge in [0.15, 0.2) is 0 Å². The summed E-state index contributed by atoms with van der Waals surface area (Å²) < 4.78 is 13.9. The van der Waals surface area contributed by atoms with Crippen LogP contribution in [-0.2, 0) is 6.54 Å². The Morgan fingerprint density at radius 1 is 1.38 bits per heavy atom. The molecule has 0 fully saturated rings. The fourth-order valence-electron chi connectivity index (χ4n) is 2.53. The summed E-state index contributed by atoms with van der Waals surface area (Å²) in [5.74, 6) is -0.0594. The average molecular weight is 222 g/mol. The number of hydrogen-bond donors (Lipinski definition) is 1. The maximum Gasteiger partial charge on any atom is 0.128 e. The van der Waals surface area contributed by atoms with E-state index in [9.17, 15) is 4.39 Å². The van der Waals surface area contributed by atoms with Gasteiger partial charge < -0.3 is 5.32 Å². The van der Waals surface area contributed by atoms with Gasteiger partial charge in [0, 0.05) is 18.7 Å². The standard InChI is InChI=1S/C13H19FN2/c1-3-16(4-2)12-9-15-8-10-6-5-7-11(14)13(10)12/h5-7,12,15H,3-4,8-9H2,1-2H3/t12-/m1/s1. The zero-order chi connectivity index (χ0) is 11.5. The molecular formula is C13H19FN2. The van der Waals surface area contributed by atoms with Crippen molar-refractivity contribution in [1.29, 1.82) is 0 Å². The molecule has 1 aromatic carbocycles. The fourth-order valence-corrected chi connectivity index (χ4v) is 2.53. The van der Waals surface area contributed by atoms with Crippen LogP contribution < -0.4 is 5.32 Å². The van der Waals surface area contributed by atoms with E-state index in [0.717, 1.165) is 37.3 Å². The van der Waals surface area contributed by atoms with E-state index in [2.05, 4.69) is 24.1 Å². The lowest BCUT2D eigenvalue weighted by Gasteiger charge is -2.35. The number of rotatable bonds is 3. The van der Waals surface area contributed by atoms with Crippen LogP contribution in [0.3, 0.4) is 0 Å². The van der Waals surface area contributed by atoms with Crippen LogP contribution in [0.2, 0.25) is 0 Å². The highest BCUT2D eigenvalue weighted by Gasteiger charge is 2.26. The van der Waals surface area contributed by atoms with Crippen molar-refractivity contribution >= 4 is 0 Å². The molecule has 1 atom stereocenters. The Labute approximate surface area is 96.5 Å². The maximum atomic E-state index is 13.9. The van der Waals surface area contributed by atoms with Crippen LogP contribution in [0.15, 0.2) is 18.2 Å². The van der Waals surface area contributed by atoms with Crippen molar-refractivity contribution in [2.45, 2.75) is 26.4 Å². The van der Waals surface area contributed by atoms with Crippen molar-refractivity contribution in [3.05, 3.63) is 35.1 Å². The third-order valence-corrected chi connectivity index (χ3v) is 3.38. The normalized spacial score (nSPS) is 19.9. The largest absolute Gasteiger partial charge is 0.311 e. The van der Waals surface area contributed by atoms with Crippen molar-refractivity contribution in [2.24, 2.45) is 0 Å². The predicted octanol–water partition coefficient (Wildman–Crippen LogP) is 2.31. The number of benzene rings is 1. The lowest BCUT2D eigenvalue weighted by molar-refractivity contribution is 0.200. The Kier molecular flexibility index (Phi) is 3.56. The van der Waals surface area contributed by atoms with Crippen LogP contribution in [0, 0.1) is 5.82 Å². The molecule has 1 aromatic rings. The Hall–Kier alpha value is -0.930. The molecule has 0 aromatic heterocycles. The van der Waals surface area contributed by atoms with Crippen LogP contribution >= 0.6 is 0 Å². The first kappa shape index (κ1) is 11.6.